The van der Waals surface area contributed by atoms with E-state index in [2.05, 4.69) is 46.4 Å². The second-order valence-electron chi connectivity index (χ2n) is 7.25. The fourth-order valence-electron chi connectivity index (χ4n) is 3.70. The van der Waals surface area contributed by atoms with E-state index in [0.717, 1.165) is 24.2 Å². The molecule has 1 unspecified atom stereocenters. The van der Waals surface area contributed by atoms with Crippen molar-refractivity contribution in [3.63, 3.8) is 0 Å². The van der Waals surface area contributed by atoms with Crippen LogP contribution in [0.1, 0.15) is 36.5 Å². The molecule has 5 nitrogen and oxygen atoms in total. The van der Waals surface area contributed by atoms with Gasteiger partial charge in [-0.25, -0.2) is 4.99 Å². The Morgan fingerprint density at radius 2 is 1.86 bits per heavy atom. The van der Waals surface area contributed by atoms with Crippen molar-refractivity contribution in [1.29, 1.82) is 0 Å². The number of hydrogen-bond acceptors (Lipinski definition) is 3. The Hall–Kier alpha value is -2.37. The molecule has 1 atom stereocenters. The van der Waals surface area contributed by atoms with Gasteiger partial charge in [-0.1, -0.05) is 61.5 Å². The van der Waals surface area contributed by atoms with Gasteiger partial charge in [-0.05, 0) is 42.6 Å². The van der Waals surface area contributed by atoms with Gasteiger partial charge in [-0.15, -0.1) is 0 Å². The van der Waals surface area contributed by atoms with Gasteiger partial charge in [0.05, 0.1) is 19.8 Å². The van der Waals surface area contributed by atoms with Gasteiger partial charge in [0.15, 0.2) is 5.96 Å². The van der Waals surface area contributed by atoms with Crippen molar-refractivity contribution in [2.75, 3.05) is 19.6 Å². The van der Waals surface area contributed by atoms with Gasteiger partial charge in [0.25, 0.3) is 0 Å². The fraction of sp³-hybridized carbons (Fsp3) is 0.435. The summed E-state index contributed by atoms with van der Waals surface area (Å²) in [6, 6.07) is 19.1. The van der Waals surface area contributed by atoms with E-state index in [1.54, 1.807) is 0 Å². The lowest BCUT2D eigenvalue weighted by Gasteiger charge is -2.23. The lowest BCUT2D eigenvalue weighted by atomic mass is 10.1. The van der Waals surface area contributed by atoms with E-state index in [1.165, 1.54) is 24.9 Å². The van der Waals surface area contributed by atoms with Crippen LogP contribution in [0, 0.1) is 0 Å². The minimum atomic E-state index is 0.517. The molecule has 0 aliphatic carbocycles. The Kier molecular flexibility index (Phi) is 7.88. The summed E-state index contributed by atoms with van der Waals surface area (Å²) >= 11 is 0. The van der Waals surface area contributed by atoms with Crippen molar-refractivity contribution in [2.45, 2.75) is 45.6 Å². The number of nitrogens with one attached hydrogen (secondary N) is 1. The quantitative estimate of drug-likeness (QED) is 0.518. The van der Waals surface area contributed by atoms with Gasteiger partial charge in [0.2, 0.25) is 0 Å². The first-order chi connectivity index (χ1) is 13.8. The molecule has 0 bridgehead atoms. The number of aliphatic imine (C=N–C) groups is 1. The number of nitrogens with two attached hydrogens (primary N) is 1. The molecule has 3 rings (SSSR count). The summed E-state index contributed by atoms with van der Waals surface area (Å²) in [5.74, 6) is 0.517. The lowest BCUT2D eigenvalue weighted by molar-refractivity contribution is 0.106. The third-order valence-corrected chi connectivity index (χ3v) is 5.33. The minimum Gasteiger partial charge on any atom is -0.372 e. The van der Waals surface area contributed by atoms with Crippen molar-refractivity contribution in [3.8, 4) is 0 Å². The van der Waals surface area contributed by atoms with E-state index in [4.69, 9.17) is 10.5 Å². The summed E-state index contributed by atoms with van der Waals surface area (Å²) in [5.41, 5.74) is 9.59. The zero-order valence-corrected chi connectivity index (χ0v) is 16.8. The maximum Gasteiger partial charge on any atom is 0.188 e. The SMILES string of the molecule is CCN1CCCC1CNC(N)=NCc1ccccc1COCc1ccccc1. The standard InChI is InChI=1S/C23H32N4O/c1-2-27-14-8-13-22(27)16-26-23(24)25-15-20-11-6-7-12-21(20)18-28-17-19-9-4-3-5-10-19/h3-7,9-12,22H,2,8,13-18H2,1H3,(H3,24,25,26). The van der Waals surface area contributed by atoms with Crippen LogP contribution in [0.5, 0.6) is 0 Å². The first-order valence-electron chi connectivity index (χ1n) is 10.2. The number of likely N-dealkylation sites (N-methyl/N-ethyl adjacent to an activating group) is 1. The van der Waals surface area contributed by atoms with Crippen LogP contribution in [0.3, 0.4) is 0 Å². The Morgan fingerprint density at radius 3 is 2.64 bits per heavy atom. The van der Waals surface area contributed by atoms with E-state index < -0.39 is 0 Å². The molecule has 0 spiro atoms. The summed E-state index contributed by atoms with van der Waals surface area (Å²) < 4.78 is 5.89. The van der Waals surface area contributed by atoms with Gasteiger partial charge in [-0.3, -0.25) is 4.90 Å². The van der Waals surface area contributed by atoms with Crippen molar-refractivity contribution in [2.24, 2.45) is 10.7 Å². The third-order valence-electron chi connectivity index (χ3n) is 5.33. The minimum absolute atomic E-state index is 0.517. The summed E-state index contributed by atoms with van der Waals surface area (Å²) in [5, 5.41) is 3.30. The molecule has 2 aromatic carbocycles. The predicted molar refractivity (Wildman–Crippen MR) is 115 cm³/mol. The first-order valence-corrected chi connectivity index (χ1v) is 10.2. The van der Waals surface area contributed by atoms with Gasteiger partial charge in [0, 0.05) is 12.6 Å². The molecule has 1 heterocycles. The number of hydrogen-bond donors (Lipinski definition) is 2. The number of nitrogens with zero attached hydrogens (tertiary/aromatic N) is 2. The van der Waals surface area contributed by atoms with Crippen LogP contribution >= 0.6 is 0 Å². The van der Waals surface area contributed by atoms with E-state index >= 15 is 0 Å². The lowest BCUT2D eigenvalue weighted by Crippen LogP contribution is -2.42. The molecule has 2 aromatic rings. The number of ether oxygens (including phenoxy) is 1. The second-order valence-corrected chi connectivity index (χ2v) is 7.25. The van der Waals surface area contributed by atoms with E-state index in [-0.39, 0.29) is 0 Å². The number of benzene rings is 2. The Labute approximate surface area is 168 Å². The summed E-state index contributed by atoms with van der Waals surface area (Å²) in [4.78, 5) is 7.04. The average Bonchev–Trinajstić information content (AvgIpc) is 3.20. The van der Waals surface area contributed by atoms with E-state index in [1.807, 2.05) is 30.3 Å². The molecule has 0 saturated carbocycles. The number of rotatable bonds is 9. The smallest absolute Gasteiger partial charge is 0.188 e. The highest BCUT2D eigenvalue weighted by molar-refractivity contribution is 5.77. The number of likely N-dealkylation sites (tertiary alicyclic amines) is 1. The van der Waals surface area contributed by atoms with Crippen LogP contribution in [0.15, 0.2) is 59.6 Å². The van der Waals surface area contributed by atoms with Crippen LogP contribution in [-0.2, 0) is 24.5 Å². The number of guanidine groups is 1. The normalized spacial score (nSPS) is 17.8. The molecule has 0 radical (unpaired) electrons. The topological polar surface area (TPSA) is 62.9 Å². The van der Waals surface area contributed by atoms with Gasteiger partial charge >= 0.3 is 0 Å². The molecule has 1 fully saturated rings. The molecule has 5 heteroatoms. The zero-order chi connectivity index (χ0) is 19.6. The Morgan fingerprint density at radius 1 is 1.11 bits per heavy atom. The summed E-state index contributed by atoms with van der Waals surface area (Å²) in [7, 11) is 0. The van der Waals surface area contributed by atoms with Gasteiger partial charge in [-0.2, -0.15) is 0 Å². The van der Waals surface area contributed by atoms with Crippen LogP contribution in [-0.4, -0.2) is 36.5 Å². The predicted octanol–water partition coefficient (Wildman–Crippen LogP) is 3.29. The van der Waals surface area contributed by atoms with Crippen molar-refractivity contribution >= 4 is 5.96 Å². The highest BCUT2D eigenvalue weighted by atomic mass is 16.5. The molecule has 3 N–H and O–H groups in total. The molecule has 150 valence electrons. The molecule has 0 amide bonds. The summed E-state index contributed by atoms with van der Waals surface area (Å²) in [6.07, 6.45) is 2.50. The van der Waals surface area contributed by atoms with Gasteiger partial charge in [0.1, 0.15) is 0 Å². The monoisotopic (exact) mass is 380 g/mol. The third kappa shape index (κ3) is 6.08. The molecule has 1 aliphatic rings. The molecule has 0 aromatic heterocycles. The van der Waals surface area contributed by atoms with Crippen molar-refractivity contribution in [3.05, 3.63) is 71.3 Å². The average molecular weight is 381 g/mol. The van der Waals surface area contributed by atoms with Crippen molar-refractivity contribution < 1.29 is 4.74 Å². The Bertz CT molecular complexity index is 747. The Balaban J connectivity index is 1.48. The van der Waals surface area contributed by atoms with Crippen LogP contribution in [0.4, 0.5) is 0 Å². The molecule has 1 saturated heterocycles. The second kappa shape index (κ2) is 10.8. The van der Waals surface area contributed by atoms with E-state index in [9.17, 15) is 0 Å². The maximum atomic E-state index is 6.10. The molecule has 28 heavy (non-hydrogen) atoms. The molecule has 1 aliphatic heterocycles. The fourth-order valence-corrected chi connectivity index (χ4v) is 3.70. The maximum absolute atomic E-state index is 6.10. The highest BCUT2D eigenvalue weighted by Gasteiger charge is 2.22. The molecular formula is C23H32N4O. The first kappa shape index (κ1) is 20.4. The highest BCUT2D eigenvalue weighted by Crippen LogP contribution is 2.16. The molecular weight excluding hydrogens is 348 g/mol. The van der Waals surface area contributed by atoms with E-state index in [0.29, 0.717) is 31.8 Å². The van der Waals surface area contributed by atoms with Crippen LogP contribution in [0.25, 0.3) is 0 Å². The summed E-state index contributed by atoms with van der Waals surface area (Å²) in [6.45, 7) is 7.11. The van der Waals surface area contributed by atoms with Crippen LogP contribution < -0.4 is 11.1 Å². The van der Waals surface area contributed by atoms with Gasteiger partial charge < -0.3 is 15.8 Å². The largest absolute Gasteiger partial charge is 0.372 e. The van der Waals surface area contributed by atoms with Crippen LogP contribution in [0.2, 0.25) is 0 Å². The zero-order valence-electron chi connectivity index (χ0n) is 16.8. The van der Waals surface area contributed by atoms with Crippen molar-refractivity contribution in [1.82, 2.24) is 10.2 Å².